The average Bonchev–Trinajstić information content (AvgIpc) is 2.74. The molecule has 0 radical (unpaired) electrons. The highest BCUT2D eigenvalue weighted by atomic mass is 16.6. The lowest BCUT2D eigenvalue weighted by Gasteiger charge is -2.22. The Balaban J connectivity index is 0.00000220. The molecule has 0 bridgehead atoms. The summed E-state index contributed by atoms with van der Waals surface area (Å²) >= 11 is 0. The second kappa shape index (κ2) is 5.64. The van der Waals surface area contributed by atoms with Crippen LogP contribution in [0, 0.1) is 6.92 Å². The van der Waals surface area contributed by atoms with Crippen molar-refractivity contribution in [2.45, 2.75) is 45.8 Å². The molecule has 1 fully saturated rings. The summed E-state index contributed by atoms with van der Waals surface area (Å²) in [6.45, 7) is 9.16. The highest BCUT2D eigenvalue weighted by Gasteiger charge is 2.27. The summed E-state index contributed by atoms with van der Waals surface area (Å²) in [4.78, 5) is 13.9. The van der Waals surface area contributed by atoms with E-state index in [9.17, 15) is 4.79 Å². The van der Waals surface area contributed by atoms with E-state index in [-0.39, 0.29) is 13.6 Å². The first-order chi connectivity index (χ1) is 9.33. The molecule has 1 aliphatic heterocycles. The van der Waals surface area contributed by atoms with E-state index < -0.39 is 5.60 Å². The molecule has 2 rings (SSSR count). The molecule has 1 aromatic rings. The van der Waals surface area contributed by atoms with E-state index in [0.717, 1.165) is 30.9 Å². The van der Waals surface area contributed by atoms with E-state index in [0.29, 0.717) is 0 Å². The molecule has 20 heavy (non-hydrogen) atoms. The second-order valence-corrected chi connectivity index (χ2v) is 6.17. The van der Waals surface area contributed by atoms with Gasteiger partial charge in [-0.3, -0.25) is 0 Å². The van der Waals surface area contributed by atoms with E-state index in [4.69, 9.17) is 4.74 Å². The normalized spacial score (nSPS) is 19.0. The number of nitrogens with one attached hydrogen (secondary N) is 1. The van der Waals surface area contributed by atoms with Gasteiger partial charge in [0, 0.05) is 14.5 Å². The predicted octanol–water partition coefficient (Wildman–Crippen LogP) is 2.13. The smallest absolute Gasteiger partial charge is 0.407 e. The summed E-state index contributed by atoms with van der Waals surface area (Å²) in [5.74, 6) is 0.860. The van der Waals surface area contributed by atoms with Crippen LogP contribution in [0.5, 0.6) is 0 Å². The Bertz CT molecular complexity index is 490. The molecule has 6 nitrogen and oxygen atoms in total. The van der Waals surface area contributed by atoms with Crippen LogP contribution in [0.25, 0.3) is 0 Å². The summed E-state index contributed by atoms with van der Waals surface area (Å²) in [6.07, 6.45) is 2.25. The summed E-state index contributed by atoms with van der Waals surface area (Å²) in [5, 5.41) is 11.0. The third kappa shape index (κ3) is 4.08. The molecule has 0 unspecified atom stereocenters. The number of ether oxygens (including phenoxy) is 1. The Morgan fingerprint density at radius 3 is 2.95 bits per heavy atom. The van der Waals surface area contributed by atoms with Crippen molar-refractivity contribution in [3.05, 3.63) is 17.8 Å². The van der Waals surface area contributed by atoms with Gasteiger partial charge in [-0.25, -0.2) is 4.79 Å². The molecule has 1 amide bonds. The number of alkyl carbamates (subject to hydrolysis) is 1. The standard InChI is InChI=1S/C14H22N4O2.H2/c1-10-7-12(17-15-8-10)18-6-5-11(9-18)16-13(19)20-14(2,3)4;/h7-8,11H,5-6,9H2,1-4H3,(H,16,19);1H/t11-;/m1./s1. The van der Waals surface area contributed by atoms with E-state index in [1.165, 1.54) is 0 Å². The molecule has 112 valence electrons. The Morgan fingerprint density at radius 1 is 1.55 bits per heavy atom. The average molecular weight is 280 g/mol. The first-order valence-corrected chi connectivity index (χ1v) is 6.87. The van der Waals surface area contributed by atoms with Gasteiger partial charge in [-0.1, -0.05) is 0 Å². The van der Waals surface area contributed by atoms with Gasteiger partial charge >= 0.3 is 6.09 Å². The van der Waals surface area contributed by atoms with Crippen molar-refractivity contribution in [3.63, 3.8) is 0 Å². The zero-order chi connectivity index (χ0) is 14.8. The van der Waals surface area contributed by atoms with Gasteiger partial charge in [0.15, 0.2) is 5.82 Å². The van der Waals surface area contributed by atoms with Crippen LogP contribution < -0.4 is 10.2 Å². The number of rotatable bonds is 2. The molecule has 1 saturated heterocycles. The van der Waals surface area contributed by atoms with Crippen molar-refractivity contribution in [2.24, 2.45) is 0 Å². The lowest BCUT2D eigenvalue weighted by Crippen LogP contribution is -2.40. The number of carbonyl (C=O) groups excluding carboxylic acids is 1. The highest BCUT2D eigenvalue weighted by Crippen LogP contribution is 2.18. The first kappa shape index (κ1) is 14.6. The lowest BCUT2D eigenvalue weighted by molar-refractivity contribution is 0.0509. The maximum Gasteiger partial charge on any atom is 0.407 e. The minimum absolute atomic E-state index is 0. The van der Waals surface area contributed by atoms with Crippen LogP contribution in [-0.2, 0) is 4.74 Å². The Hall–Kier alpha value is -1.85. The van der Waals surface area contributed by atoms with Gasteiger partial charge in [0.1, 0.15) is 5.60 Å². The molecular formula is C14H24N4O2. The highest BCUT2D eigenvalue weighted by molar-refractivity contribution is 5.68. The third-order valence-electron chi connectivity index (χ3n) is 3.01. The van der Waals surface area contributed by atoms with Gasteiger partial charge in [0.25, 0.3) is 0 Å². The van der Waals surface area contributed by atoms with Crippen LogP contribution in [-0.4, -0.2) is 41.0 Å². The predicted molar refractivity (Wildman–Crippen MR) is 78.9 cm³/mol. The van der Waals surface area contributed by atoms with Gasteiger partial charge in [0.05, 0.1) is 12.2 Å². The number of hydrogen-bond acceptors (Lipinski definition) is 5. The van der Waals surface area contributed by atoms with Crippen molar-refractivity contribution in [1.82, 2.24) is 15.5 Å². The maximum atomic E-state index is 11.7. The summed E-state index contributed by atoms with van der Waals surface area (Å²) in [6, 6.07) is 2.09. The van der Waals surface area contributed by atoms with Crippen molar-refractivity contribution in [1.29, 1.82) is 0 Å². The van der Waals surface area contributed by atoms with Crippen LogP contribution in [0.4, 0.5) is 10.6 Å². The third-order valence-corrected chi connectivity index (χ3v) is 3.01. The Kier molecular flexibility index (Phi) is 4.11. The first-order valence-electron chi connectivity index (χ1n) is 6.87. The molecule has 1 N–H and O–H groups in total. The fraction of sp³-hybridized carbons (Fsp3) is 0.643. The van der Waals surface area contributed by atoms with Gasteiger partial charge in [0.2, 0.25) is 0 Å². The number of anilines is 1. The number of amides is 1. The largest absolute Gasteiger partial charge is 0.444 e. The molecule has 1 aromatic heterocycles. The van der Waals surface area contributed by atoms with E-state index in [1.54, 1.807) is 6.20 Å². The number of nitrogens with zero attached hydrogens (tertiary/aromatic N) is 3. The number of hydrogen-bond donors (Lipinski definition) is 1. The van der Waals surface area contributed by atoms with E-state index in [2.05, 4.69) is 20.4 Å². The summed E-state index contributed by atoms with van der Waals surface area (Å²) < 4.78 is 5.26. The van der Waals surface area contributed by atoms with Crippen molar-refractivity contribution in [3.8, 4) is 0 Å². The Morgan fingerprint density at radius 2 is 2.30 bits per heavy atom. The Labute approximate surface area is 121 Å². The maximum absolute atomic E-state index is 11.7. The van der Waals surface area contributed by atoms with Gasteiger partial charge in [-0.2, -0.15) is 5.10 Å². The number of aromatic nitrogens is 2. The number of aryl methyl sites for hydroxylation is 1. The van der Waals surface area contributed by atoms with Crippen LogP contribution >= 0.6 is 0 Å². The fourth-order valence-corrected chi connectivity index (χ4v) is 2.16. The van der Waals surface area contributed by atoms with Gasteiger partial charge < -0.3 is 15.0 Å². The number of carbonyl (C=O) groups is 1. The monoisotopic (exact) mass is 280 g/mol. The van der Waals surface area contributed by atoms with Crippen LogP contribution in [0.2, 0.25) is 0 Å². The molecule has 0 aromatic carbocycles. The van der Waals surface area contributed by atoms with Gasteiger partial charge in [-0.05, 0) is 45.7 Å². The topological polar surface area (TPSA) is 67.4 Å². The van der Waals surface area contributed by atoms with Gasteiger partial charge in [-0.15, -0.1) is 5.10 Å². The zero-order valence-electron chi connectivity index (χ0n) is 12.5. The van der Waals surface area contributed by atoms with Crippen molar-refractivity contribution in [2.75, 3.05) is 18.0 Å². The van der Waals surface area contributed by atoms with Crippen LogP contribution in [0.3, 0.4) is 0 Å². The fourth-order valence-electron chi connectivity index (χ4n) is 2.16. The summed E-state index contributed by atoms with van der Waals surface area (Å²) in [5.41, 5.74) is 0.614. The van der Waals surface area contributed by atoms with E-state index >= 15 is 0 Å². The molecule has 2 heterocycles. The summed E-state index contributed by atoms with van der Waals surface area (Å²) in [7, 11) is 0. The molecule has 1 aliphatic rings. The van der Waals surface area contributed by atoms with Crippen molar-refractivity contribution < 1.29 is 11.0 Å². The lowest BCUT2D eigenvalue weighted by atomic mass is 10.2. The molecule has 1 atom stereocenters. The molecule has 0 spiro atoms. The van der Waals surface area contributed by atoms with Crippen LogP contribution in [0.15, 0.2) is 12.3 Å². The minimum atomic E-state index is -0.468. The zero-order valence-corrected chi connectivity index (χ0v) is 12.5. The second-order valence-electron chi connectivity index (χ2n) is 6.17. The molecule has 0 aliphatic carbocycles. The quantitative estimate of drug-likeness (QED) is 0.899. The SMILES string of the molecule is Cc1cnnc(N2CC[C@@H](NC(=O)OC(C)(C)C)C2)c1.[HH]. The molecule has 6 heteroatoms. The van der Waals surface area contributed by atoms with Crippen molar-refractivity contribution >= 4 is 11.9 Å². The van der Waals surface area contributed by atoms with E-state index in [1.807, 2.05) is 33.8 Å². The molecular weight excluding hydrogens is 256 g/mol. The van der Waals surface area contributed by atoms with Crippen LogP contribution in [0.1, 0.15) is 34.2 Å². The molecule has 0 saturated carbocycles. The minimum Gasteiger partial charge on any atom is -0.444 e.